The number of carbonyl (C=O) groups is 1. The molecular weight excluding hydrogens is 174 g/mol. The first-order valence-corrected chi connectivity index (χ1v) is 4.86. The number of rotatable bonds is 3. The lowest BCUT2D eigenvalue weighted by Gasteiger charge is -2.22. The van der Waals surface area contributed by atoms with Crippen molar-refractivity contribution in [3.8, 4) is 0 Å². The highest BCUT2D eigenvalue weighted by Crippen LogP contribution is 2.08. The van der Waals surface area contributed by atoms with Gasteiger partial charge in [-0.1, -0.05) is 30.3 Å². The first-order valence-electron chi connectivity index (χ1n) is 4.86. The van der Waals surface area contributed by atoms with E-state index in [1.54, 1.807) is 4.90 Å². The predicted molar refractivity (Wildman–Crippen MR) is 55.6 cm³/mol. The maximum Gasteiger partial charge on any atom is 0.227 e. The first kappa shape index (κ1) is 9.00. The van der Waals surface area contributed by atoms with Crippen LogP contribution in [-0.2, 0) is 11.2 Å². The van der Waals surface area contributed by atoms with E-state index in [4.69, 9.17) is 0 Å². The molecule has 0 saturated carbocycles. The van der Waals surface area contributed by atoms with Crippen molar-refractivity contribution in [3.05, 3.63) is 48.2 Å². The SMILES string of the molecule is O=C(CCc1ccccc1)N1C=CC1. The van der Waals surface area contributed by atoms with Crippen LogP contribution in [0.2, 0.25) is 0 Å². The number of carbonyl (C=O) groups excluding carboxylic acids is 1. The zero-order chi connectivity index (χ0) is 9.80. The van der Waals surface area contributed by atoms with Gasteiger partial charge in [0, 0.05) is 19.2 Å². The van der Waals surface area contributed by atoms with Crippen molar-refractivity contribution in [2.24, 2.45) is 0 Å². The quantitative estimate of drug-likeness (QED) is 0.708. The Hall–Kier alpha value is -1.57. The average molecular weight is 187 g/mol. The van der Waals surface area contributed by atoms with E-state index in [1.165, 1.54) is 5.56 Å². The summed E-state index contributed by atoms with van der Waals surface area (Å²) in [5.41, 5.74) is 1.23. The fourth-order valence-corrected chi connectivity index (χ4v) is 1.44. The van der Waals surface area contributed by atoms with E-state index in [0.717, 1.165) is 13.0 Å². The molecule has 0 saturated heterocycles. The number of hydrogen-bond acceptors (Lipinski definition) is 1. The van der Waals surface area contributed by atoms with Crippen LogP contribution in [0.3, 0.4) is 0 Å². The molecule has 0 N–H and O–H groups in total. The van der Waals surface area contributed by atoms with Gasteiger partial charge in [0.2, 0.25) is 5.91 Å². The minimum atomic E-state index is 0.219. The van der Waals surface area contributed by atoms with Gasteiger partial charge in [0.25, 0.3) is 0 Å². The molecule has 2 rings (SSSR count). The Morgan fingerprint density at radius 3 is 2.57 bits per heavy atom. The summed E-state index contributed by atoms with van der Waals surface area (Å²) < 4.78 is 0. The summed E-state index contributed by atoms with van der Waals surface area (Å²) in [5, 5.41) is 0. The molecule has 0 fully saturated rings. The van der Waals surface area contributed by atoms with Crippen LogP contribution in [0.5, 0.6) is 0 Å². The fraction of sp³-hybridized carbons (Fsp3) is 0.250. The molecule has 72 valence electrons. The minimum absolute atomic E-state index is 0.219. The lowest BCUT2D eigenvalue weighted by atomic mass is 10.1. The van der Waals surface area contributed by atoms with Crippen molar-refractivity contribution in [1.29, 1.82) is 0 Å². The first-order chi connectivity index (χ1) is 6.86. The number of aryl methyl sites for hydroxylation is 1. The van der Waals surface area contributed by atoms with Crippen LogP contribution in [0.25, 0.3) is 0 Å². The Morgan fingerprint density at radius 2 is 2.00 bits per heavy atom. The lowest BCUT2D eigenvalue weighted by molar-refractivity contribution is -0.128. The molecule has 1 aromatic carbocycles. The number of hydrogen-bond donors (Lipinski definition) is 0. The zero-order valence-corrected chi connectivity index (χ0v) is 8.02. The van der Waals surface area contributed by atoms with Crippen molar-refractivity contribution in [3.63, 3.8) is 0 Å². The predicted octanol–water partition coefficient (Wildman–Crippen LogP) is 1.98. The normalized spacial score (nSPS) is 13.9. The van der Waals surface area contributed by atoms with E-state index in [-0.39, 0.29) is 5.91 Å². The molecule has 14 heavy (non-hydrogen) atoms. The van der Waals surface area contributed by atoms with Gasteiger partial charge < -0.3 is 4.90 Å². The van der Waals surface area contributed by atoms with Crippen LogP contribution >= 0.6 is 0 Å². The molecule has 2 heteroatoms. The van der Waals surface area contributed by atoms with Gasteiger partial charge in [-0.3, -0.25) is 4.79 Å². The van der Waals surface area contributed by atoms with Gasteiger partial charge in [-0.25, -0.2) is 0 Å². The van der Waals surface area contributed by atoms with E-state index in [2.05, 4.69) is 12.1 Å². The topological polar surface area (TPSA) is 20.3 Å². The molecule has 0 atom stereocenters. The molecule has 0 aliphatic carbocycles. The van der Waals surface area contributed by atoms with Gasteiger partial charge in [-0.05, 0) is 18.1 Å². The Labute approximate surface area is 83.8 Å². The summed E-state index contributed by atoms with van der Waals surface area (Å²) in [6.45, 7) is 0.785. The second-order valence-electron chi connectivity index (χ2n) is 3.42. The van der Waals surface area contributed by atoms with Crippen molar-refractivity contribution in [2.45, 2.75) is 12.8 Å². The highest BCUT2D eigenvalue weighted by atomic mass is 16.2. The number of benzene rings is 1. The molecule has 1 amide bonds. The van der Waals surface area contributed by atoms with Crippen LogP contribution in [0.15, 0.2) is 42.6 Å². The Balaban J connectivity index is 1.82. The summed E-state index contributed by atoms with van der Waals surface area (Å²) in [7, 11) is 0. The molecule has 0 spiro atoms. The molecule has 1 aliphatic rings. The van der Waals surface area contributed by atoms with Crippen LogP contribution < -0.4 is 0 Å². The van der Waals surface area contributed by atoms with Gasteiger partial charge in [0.05, 0.1) is 0 Å². The summed E-state index contributed by atoms with van der Waals surface area (Å²) in [6, 6.07) is 10.1. The molecule has 0 bridgehead atoms. The maximum atomic E-state index is 11.5. The summed E-state index contributed by atoms with van der Waals surface area (Å²) in [5.74, 6) is 0.219. The molecule has 2 nitrogen and oxygen atoms in total. The van der Waals surface area contributed by atoms with Crippen molar-refractivity contribution >= 4 is 5.91 Å². The van der Waals surface area contributed by atoms with Crippen molar-refractivity contribution in [1.82, 2.24) is 4.90 Å². The third-order valence-electron chi connectivity index (χ3n) is 2.38. The summed E-state index contributed by atoms with van der Waals surface area (Å²) >= 11 is 0. The van der Waals surface area contributed by atoms with E-state index < -0.39 is 0 Å². The molecule has 0 radical (unpaired) electrons. The number of amides is 1. The van der Waals surface area contributed by atoms with E-state index >= 15 is 0 Å². The van der Waals surface area contributed by atoms with Crippen LogP contribution in [0.1, 0.15) is 12.0 Å². The van der Waals surface area contributed by atoms with Gasteiger partial charge in [-0.15, -0.1) is 0 Å². The summed E-state index contributed by atoms with van der Waals surface area (Å²) in [6.07, 6.45) is 5.27. The van der Waals surface area contributed by atoms with Gasteiger partial charge in [0.15, 0.2) is 0 Å². The lowest BCUT2D eigenvalue weighted by Crippen LogP contribution is -2.31. The van der Waals surface area contributed by atoms with E-state index in [9.17, 15) is 4.79 Å². The highest BCUT2D eigenvalue weighted by Gasteiger charge is 2.13. The third-order valence-corrected chi connectivity index (χ3v) is 2.38. The Morgan fingerprint density at radius 1 is 1.29 bits per heavy atom. The van der Waals surface area contributed by atoms with E-state index in [0.29, 0.717) is 6.42 Å². The Kier molecular flexibility index (Phi) is 2.63. The maximum absolute atomic E-state index is 11.5. The second-order valence-corrected chi connectivity index (χ2v) is 3.42. The van der Waals surface area contributed by atoms with E-state index in [1.807, 2.05) is 30.5 Å². The van der Waals surface area contributed by atoms with Crippen molar-refractivity contribution in [2.75, 3.05) is 6.54 Å². The highest BCUT2D eigenvalue weighted by molar-refractivity contribution is 5.78. The molecule has 1 aliphatic heterocycles. The second kappa shape index (κ2) is 4.09. The van der Waals surface area contributed by atoms with Gasteiger partial charge >= 0.3 is 0 Å². The fourth-order valence-electron chi connectivity index (χ4n) is 1.44. The van der Waals surface area contributed by atoms with Crippen LogP contribution in [0.4, 0.5) is 0 Å². The largest absolute Gasteiger partial charge is 0.315 e. The monoisotopic (exact) mass is 187 g/mol. The molecular formula is C12H13NO. The summed E-state index contributed by atoms with van der Waals surface area (Å²) in [4.78, 5) is 13.2. The molecule has 1 aromatic rings. The van der Waals surface area contributed by atoms with Crippen molar-refractivity contribution < 1.29 is 4.79 Å². The molecule has 0 unspecified atom stereocenters. The average Bonchev–Trinajstić information content (AvgIpc) is 2.14. The molecule has 0 aromatic heterocycles. The van der Waals surface area contributed by atoms with Crippen LogP contribution in [-0.4, -0.2) is 17.4 Å². The van der Waals surface area contributed by atoms with Gasteiger partial charge in [0.1, 0.15) is 0 Å². The third kappa shape index (κ3) is 2.02. The molecule has 1 heterocycles. The number of nitrogens with zero attached hydrogens (tertiary/aromatic N) is 1. The van der Waals surface area contributed by atoms with Crippen LogP contribution in [0, 0.1) is 0 Å². The standard InChI is InChI=1S/C12H13NO/c14-12(13-9-4-10-13)8-7-11-5-2-1-3-6-11/h1-6,9H,7-8,10H2. The Bertz CT molecular complexity index is 343. The van der Waals surface area contributed by atoms with Gasteiger partial charge in [-0.2, -0.15) is 0 Å². The minimum Gasteiger partial charge on any atom is -0.315 e. The smallest absolute Gasteiger partial charge is 0.227 e. The zero-order valence-electron chi connectivity index (χ0n) is 8.02.